The summed E-state index contributed by atoms with van der Waals surface area (Å²) in [6.45, 7) is 8.93. The third-order valence-electron chi connectivity index (χ3n) is 4.54. The van der Waals surface area contributed by atoms with Crippen LogP contribution in [0.2, 0.25) is 0 Å². The van der Waals surface area contributed by atoms with E-state index >= 15 is 0 Å². The van der Waals surface area contributed by atoms with Crippen LogP contribution in [0.4, 0.5) is 0 Å². The van der Waals surface area contributed by atoms with Crippen LogP contribution in [0.3, 0.4) is 0 Å². The van der Waals surface area contributed by atoms with Gasteiger partial charge in [0.1, 0.15) is 0 Å². The third-order valence-corrected chi connectivity index (χ3v) is 4.54. The molecular weight excluding hydrogens is 232 g/mol. The largest absolute Gasteiger partial charge is 0.326 e. The van der Waals surface area contributed by atoms with Crippen LogP contribution in [0, 0.1) is 11.8 Å². The molecule has 0 bridgehead atoms. The van der Waals surface area contributed by atoms with Crippen molar-refractivity contribution in [3.8, 4) is 0 Å². The van der Waals surface area contributed by atoms with Crippen LogP contribution in [0.25, 0.3) is 0 Å². The zero-order chi connectivity index (χ0) is 13.7. The van der Waals surface area contributed by atoms with Crippen molar-refractivity contribution in [2.45, 2.75) is 46.2 Å². The molecule has 1 unspecified atom stereocenters. The molecule has 0 spiro atoms. The average Bonchev–Trinajstić information content (AvgIpc) is 2.65. The van der Waals surface area contributed by atoms with Crippen molar-refractivity contribution in [1.29, 1.82) is 0 Å². The first kappa shape index (κ1) is 14.5. The molecule has 0 amide bonds. The summed E-state index contributed by atoms with van der Waals surface area (Å²) >= 11 is 0. The van der Waals surface area contributed by atoms with E-state index < -0.39 is 0 Å². The van der Waals surface area contributed by atoms with E-state index in [0.717, 1.165) is 18.4 Å². The molecule has 1 fully saturated rings. The van der Waals surface area contributed by atoms with Crippen LogP contribution in [-0.4, -0.2) is 18.0 Å². The maximum Gasteiger partial charge on any atom is 0.0236 e. The summed E-state index contributed by atoms with van der Waals surface area (Å²) in [6, 6.07) is 8.60. The fourth-order valence-electron chi connectivity index (χ4n) is 3.16. The number of rotatable bonds is 4. The lowest BCUT2D eigenvalue weighted by Gasteiger charge is -2.22. The van der Waals surface area contributed by atoms with Crippen molar-refractivity contribution in [1.82, 2.24) is 4.90 Å². The number of benzene rings is 1. The lowest BCUT2D eigenvalue weighted by molar-refractivity contribution is 0.264. The highest BCUT2D eigenvalue weighted by Crippen LogP contribution is 2.25. The summed E-state index contributed by atoms with van der Waals surface area (Å²) in [7, 11) is 0. The normalized spacial score (nSPS) is 21.6. The predicted octanol–water partition coefficient (Wildman–Crippen LogP) is 3.40. The Morgan fingerprint density at radius 3 is 2.58 bits per heavy atom. The minimum absolute atomic E-state index is 0.651. The first-order valence-corrected chi connectivity index (χ1v) is 7.70. The van der Waals surface area contributed by atoms with Gasteiger partial charge in [-0.2, -0.15) is 0 Å². The van der Waals surface area contributed by atoms with Crippen LogP contribution in [-0.2, 0) is 13.1 Å². The highest BCUT2D eigenvalue weighted by Gasteiger charge is 2.19. The number of nitrogens with two attached hydrogens (primary N) is 1. The third kappa shape index (κ3) is 4.05. The van der Waals surface area contributed by atoms with Crippen molar-refractivity contribution >= 4 is 0 Å². The molecule has 2 N–H and O–H groups in total. The standard InChI is InChI=1S/C17H28N2/c1-14(2)15-8-5-10-19(11-9-15)13-17-7-4-3-6-16(17)12-18/h3-4,6-7,14-15H,5,8-13,18H2,1-2H3. The quantitative estimate of drug-likeness (QED) is 0.899. The molecule has 1 heterocycles. The first-order chi connectivity index (χ1) is 9.20. The maximum atomic E-state index is 5.83. The molecule has 1 aromatic rings. The number of nitrogens with zero attached hydrogens (tertiary/aromatic N) is 1. The predicted molar refractivity (Wildman–Crippen MR) is 81.8 cm³/mol. The van der Waals surface area contributed by atoms with Gasteiger partial charge in [-0.3, -0.25) is 4.90 Å². The Bertz CT molecular complexity index is 387. The maximum absolute atomic E-state index is 5.83. The van der Waals surface area contributed by atoms with Gasteiger partial charge in [0.15, 0.2) is 0 Å². The molecule has 1 atom stereocenters. The summed E-state index contributed by atoms with van der Waals surface area (Å²) in [6.07, 6.45) is 4.09. The van der Waals surface area contributed by atoms with Gasteiger partial charge in [0.2, 0.25) is 0 Å². The van der Waals surface area contributed by atoms with E-state index in [1.807, 2.05) is 0 Å². The molecule has 0 aliphatic carbocycles. The molecule has 2 rings (SSSR count). The number of likely N-dealkylation sites (tertiary alicyclic amines) is 1. The molecule has 1 aliphatic heterocycles. The van der Waals surface area contributed by atoms with Gasteiger partial charge in [0.05, 0.1) is 0 Å². The van der Waals surface area contributed by atoms with Gasteiger partial charge in [-0.15, -0.1) is 0 Å². The van der Waals surface area contributed by atoms with Gasteiger partial charge >= 0.3 is 0 Å². The molecule has 106 valence electrons. The smallest absolute Gasteiger partial charge is 0.0236 e. The van der Waals surface area contributed by atoms with Crippen LogP contribution in [0.5, 0.6) is 0 Å². The Balaban J connectivity index is 1.96. The SMILES string of the molecule is CC(C)C1CCCN(Cc2ccccc2CN)CC1. The molecule has 0 saturated carbocycles. The molecular formula is C17H28N2. The van der Waals surface area contributed by atoms with E-state index in [2.05, 4.69) is 43.0 Å². The van der Waals surface area contributed by atoms with E-state index in [4.69, 9.17) is 5.73 Å². The summed E-state index contributed by atoms with van der Waals surface area (Å²) in [5, 5.41) is 0. The Kier molecular flexibility index (Phi) is 5.41. The highest BCUT2D eigenvalue weighted by atomic mass is 15.1. The summed E-state index contributed by atoms with van der Waals surface area (Å²) in [5.41, 5.74) is 8.54. The molecule has 0 aromatic heterocycles. The van der Waals surface area contributed by atoms with Gasteiger partial charge in [-0.1, -0.05) is 38.1 Å². The molecule has 2 heteroatoms. The Morgan fingerprint density at radius 2 is 1.89 bits per heavy atom. The molecule has 1 aromatic carbocycles. The van der Waals surface area contributed by atoms with Crippen molar-refractivity contribution < 1.29 is 0 Å². The second-order valence-corrected chi connectivity index (χ2v) is 6.18. The van der Waals surface area contributed by atoms with Gasteiger partial charge in [0.25, 0.3) is 0 Å². The monoisotopic (exact) mass is 260 g/mol. The Labute approximate surface area is 118 Å². The van der Waals surface area contributed by atoms with Crippen LogP contribution < -0.4 is 5.73 Å². The first-order valence-electron chi connectivity index (χ1n) is 7.70. The molecule has 1 saturated heterocycles. The fourth-order valence-corrected chi connectivity index (χ4v) is 3.16. The van der Waals surface area contributed by atoms with Crippen molar-refractivity contribution in [3.05, 3.63) is 35.4 Å². The minimum atomic E-state index is 0.651. The number of hydrogen-bond acceptors (Lipinski definition) is 2. The molecule has 2 nitrogen and oxygen atoms in total. The second kappa shape index (κ2) is 7.06. The highest BCUT2D eigenvalue weighted by molar-refractivity contribution is 5.26. The van der Waals surface area contributed by atoms with Gasteiger partial charge in [-0.05, 0) is 55.3 Å². The van der Waals surface area contributed by atoms with E-state index in [0.29, 0.717) is 6.54 Å². The number of hydrogen-bond donors (Lipinski definition) is 1. The zero-order valence-corrected chi connectivity index (χ0v) is 12.4. The van der Waals surface area contributed by atoms with Crippen LogP contribution in [0.1, 0.15) is 44.2 Å². The summed E-state index contributed by atoms with van der Waals surface area (Å²) < 4.78 is 0. The molecule has 19 heavy (non-hydrogen) atoms. The van der Waals surface area contributed by atoms with Crippen molar-refractivity contribution in [2.75, 3.05) is 13.1 Å². The van der Waals surface area contributed by atoms with Crippen molar-refractivity contribution in [3.63, 3.8) is 0 Å². The lowest BCUT2D eigenvalue weighted by atomic mass is 9.89. The summed E-state index contributed by atoms with van der Waals surface area (Å²) in [4.78, 5) is 2.61. The van der Waals surface area contributed by atoms with Gasteiger partial charge in [0, 0.05) is 13.1 Å². The molecule has 1 aliphatic rings. The van der Waals surface area contributed by atoms with E-state index in [1.165, 1.54) is 43.5 Å². The Hall–Kier alpha value is -0.860. The minimum Gasteiger partial charge on any atom is -0.326 e. The average molecular weight is 260 g/mol. The Morgan fingerprint density at radius 1 is 1.16 bits per heavy atom. The van der Waals surface area contributed by atoms with E-state index in [1.54, 1.807) is 0 Å². The van der Waals surface area contributed by atoms with E-state index in [-0.39, 0.29) is 0 Å². The van der Waals surface area contributed by atoms with Crippen LogP contribution in [0.15, 0.2) is 24.3 Å². The van der Waals surface area contributed by atoms with E-state index in [9.17, 15) is 0 Å². The second-order valence-electron chi connectivity index (χ2n) is 6.18. The zero-order valence-electron chi connectivity index (χ0n) is 12.4. The van der Waals surface area contributed by atoms with Crippen LogP contribution >= 0.6 is 0 Å². The fraction of sp³-hybridized carbons (Fsp3) is 0.647. The summed E-state index contributed by atoms with van der Waals surface area (Å²) in [5.74, 6) is 1.74. The lowest BCUT2D eigenvalue weighted by Crippen LogP contribution is -2.25. The molecule has 0 radical (unpaired) electrons. The topological polar surface area (TPSA) is 29.3 Å². The van der Waals surface area contributed by atoms with Crippen molar-refractivity contribution in [2.24, 2.45) is 17.6 Å². The van der Waals surface area contributed by atoms with Gasteiger partial charge < -0.3 is 5.73 Å². The van der Waals surface area contributed by atoms with Gasteiger partial charge in [-0.25, -0.2) is 0 Å².